The molecular formula is C24H33NO3. The lowest BCUT2D eigenvalue weighted by Gasteiger charge is -2.55. The van der Waals surface area contributed by atoms with Gasteiger partial charge in [0.2, 0.25) is 0 Å². The fraction of sp³-hybridized carbons (Fsp3) is 0.750. The van der Waals surface area contributed by atoms with E-state index in [2.05, 4.69) is 63.1 Å². The van der Waals surface area contributed by atoms with Crippen molar-refractivity contribution >= 4 is 0 Å². The Bertz CT molecular complexity index is 756. The highest BCUT2D eigenvalue weighted by atomic mass is 16.7. The Morgan fingerprint density at radius 1 is 1.00 bits per heavy atom. The summed E-state index contributed by atoms with van der Waals surface area (Å²) < 4.78 is 19.1. The number of hydrogen-bond acceptors (Lipinski definition) is 4. The molecule has 0 amide bonds. The Kier molecular flexibility index (Phi) is 3.71. The van der Waals surface area contributed by atoms with Gasteiger partial charge in [-0.1, -0.05) is 44.2 Å². The van der Waals surface area contributed by atoms with E-state index in [0.29, 0.717) is 17.9 Å². The van der Waals surface area contributed by atoms with Crippen molar-refractivity contribution in [1.82, 2.24) is 4.90 Å². The van der Waals surface area contributed by atoms with Crippen LogP contribution in [-0.2, 0) is 14.2 Å². The van der Waals surface area contributed by atoms with E-state index in [0.717, 1.165) is 31.0 Å². The predicted octanol–water partition coefficient (Wildman–Crippen LogP) is 4.08. The maximum Gasteiger partial charge on any atom is 0.160 e. The summed E-state index contributed by atoms with van der Waals surface area (Å²) >= 11 is 0. The van der Waals surface area contributed by atoms with Gasteiger partial charge in [0, 0.05) is 23.3 Å². The topological polar surface area (TPSA) is 30.9 Å². The summed E-state index contributed by atoms with van der Waals surface area (Å²) in [5.41, 5.74) is 1.43. The summed E-state index contributed by atoms with van der Waals surface area (Å²) in [5.74, 6) is 3.68. The molecule has 5 aliphatic rings. The number of likely N-dealkylation sites (N-methyl/N-ethyl adjacent to an activating group) is 1. The molecule has 4 nitrogen and oxygen atoms in total. The zero-order chi connectivity index (χ0) is 19.3. The van der Waals surface area contributed by atoms with Crippen molar-refractivity contribution in [1.29, 1.82) is 0 Å². The van der Waals surface area contributed by atoms with Gasteiger partial charge in [0.1, 0.15) is 11.8 Å². The average Bonchev–Trinajstić information content (AvgIpc) is 3.19. The molecule has 3 aliphatic carbocycles. The van der Waals surface area contributed by atoms with Crippen LogP contribution in [0.2, 0.25) is 0 Å². The molecule has 28 heavy (non-hydrogen) atoms. The van der Waals surface area contributed by atoms with E-state index in [4.69, 9.17) is 14.2 Å². The van der Waals surface area contributed by atoms with Crippen LogP contribution >= 0.6 is 0 Å². The lowest BCUT2D eigenvalue weighted by molar-refractivity contribution is -0.251. The Morgan fingerprint density at radius 2 is 1.71 bits per heavy atom. The third-order valence-electron chi connectivity index (χ3n) is 8.63. The molecule has 4 heteroatoms. The minimum Gasteiger partial charge on any atom is -0.352 e. The second-order valence-corrected chi connectivity index (χ2v) is 10.8. The van der Waals surface area contributed by atoms with Gasteiger partial charge in [0.15, 0.2) is 6.29 Å². The van der Waals surface area contributed by atoms with Gasteiger partial charge in [-0.2, -0.15) is 0 Å². The summed E-state index contributed by atoms with van der Waals surface area (Å²) in [7, 11) is 2.28. The predicted molar refractivity (Wildman–Crippen MR) is 106 cm³/mol. The molecular weight excluding hydrogens is 350 g/mol. The highest BCUT2D eigenvalue weighted by molar-refractivity contribution is 5.26. The van der Waals surface area contributed by atoms with E-state index < -0.39 is 0 Å². The van der Waals surface area contributed by atoms with Gasteiger partial charge < -0.3 is 14.2 Å². The van der Waals surface area contributed by atoms with E-state index >= 15 is 0 Å². The number of ether oxygens (including phenoxy) is 3. The number of fused-ring (bicyclic) bond motifs is 4. The standard InChI is InChI=1S/C24H33NO3/c1-14-21(15-8-6-5-7-9-15)28-24(25(14)4)11-17-18(24)10-16-19(17)20(16)22-26-12-23(2,3)13-27-22/h5-9,14,16-22H,10-13H2,1-4H3/t14-,16-,17-,18-,19-,20-,21-,24+/m0/s1. The van der Waals surface area contributed by atoms with E-state index in [-0.39, 0.29) is 23.5 Å². The summed E-state index contributed by atoms with van der Waals surface area (Å²) in [5, 5.41) is 0. The molecule has 1 aromatic carbocycles. The molecule has 1 spiro atoms. The van der Waals surface area contributed by atoms with Gasteiger partial charge in [0.25, 0.3) is 0 Å². The largest absolute Gasteiger partial charge is 0.352 e. The van der Waals surface area contributed by atoms with Crippen LogP contribution < -0.4 is 0 Å². The number of rotatable bonds is 2. The Morgan fingerprint density at radius 3 is 2.39 bits per heavy atom. The van der Waals surface area contributed by atoms with Crippen molar-refractivity contribution in [3.05, 3.63) is 35.9 Å². The Balaban J connectivity index is 1.15. The van der Waals surface area contributed by atoms with Gasteiger partial charge in [-0.3, -0.25) is 4.90 Å². The van der Waals surface area contributed by atoms with Crippen LogP contribution in [0.5, 0.6) is 0 Å². The van der Waals surface area contributed by atoms with Gasteiger partial charge in [0.05, 0.1) is 13.2 Å². The molecule has 2 aliphatic heterocycles. The highest BCUT2D eigenvalue weighted by Crippen LogP contribution is 2.75. The van der Waals surface area contributed by atoms with Crippen LogP contribution in [0.4, 0.5) is 0 Å². The fourth-order valence-electron chi connectivity index (χ4n) is 7.00. The number of hydrogen-bond donors (Lipinski definition) is 0. The quantitative estimate of drug-likeness (QED) is 0.770. The minimum atomic E-state index is -0.0428. The van der Waals surface area contributed by atoms with Crippen molar-refractivity contribution in [2.24, 2.45) is 35.0 Å². The second-order valence-electron chi connectivity index (χ2n) is 10.8. The van der Waals surface area contributed by atoms with E-state index in [1.54, 1.807) is 0 Å². The molecule has 0 aromatic heterocycles. The van der Waals surface area contributed by atoms with Gasteiger partial charge in [-0.05, 0) is 50.1 Å². The average molecular weight is 384 g/mol. The first-order valence-electron chi connectivity index (χ1n) is 11.1. The molecule has 1 aromatic rings. The van der Waals surface area contributed by atoms with Crippen LogP contribution in [0.1, 0.15) is 45.3 Å². The molecule has 152 valence electrons. The van der Waals surface area contributed by atoms with Crippen molar-refractivity contribution in [2.75, 3.05) is 20.3 Å². The summed E-state index contributed by atoms with van der Waals surface area (Å²) in [6.07, 6.45) is 2.69. The second kappa shape index (κ2) is 5.81. The highest BCUT2D eigenvalue weighted by Gasteiger charge is 2.76. The van der Waals surface area contributed by atoms with Crippen LogP contribution in [0.25, 0.3) is 0 Å². The van der Waals surface area contributed by atoms with Gasteiger partial charge in [-0.15, -0.1) is 0 Å². The SMILES string of the molecule is C[C@H]1[C@@H](c2ccccc2)O[C@@]2(C[C@@H]3[C@@H]4[C@H](C[C@@H]32)[C@@H]4C2OCC(C)(C)CO2)N1C. The maximum atomic E-state index is 6.85. The van der Waals surface area contributed by atoms with Crippen molar-refractivity contribution in [2.45, 2.75) is 57.8 Å². The first-order valence-corrected chi connectivity index (χ1v) is 11.1. The normalized spacial score (nSPS) is 49.6. The molecule has 3 saturated carbocycles. The lowest BCUT2D eigenvalue weighted by atomic mass is 9.64. The monoisotopic (exact) mass is 383 g/mol. The molecule has 8 atom stereocenters. The molecule has 0 radical (unpaired) electrons. The first kappa shape index (κ1) is 17.9. The van der Waals surface area contributed by atoms with Crippen LogP contribution in [-0.4, -0.2) is 43.2 Å². The Labute approximate surface area is 168 Å². The minimum absolute atomic E-state index is 0.0405. The first-order chi connectivity index (χ1) is 13.4. The molecule has 2 heterocycles. The van der Waals surface area contributed by atoms with Crippen LogP contribution in [0, 0.1) is 35.0 Å². The summed E-state index contributed by atoms with van der Waals surface area (Å²) in [6.45, 7) is 8.42. The third-order valence-corrected chi connectivity index (χ3v) is 8.63. The summed E-state index contributed by atoms with van der Waals surface area (Å²) in [4.78, 5) is 2.54. The van der Waals surface area contributed by atoms with Crippen LogP contribution in [0.3, 0.4) is 0 Å². The zero-order valence-corrected chi connectivity index (χ0v) is 17.5. The molecule has 5 fully saturated rings. The van der Waals surface area contributed by atoms with Gasteiger partial charge >= 0.3 is 0 Å². The fourth-order valence-corrected chi connectivity index (χ4v) is 7.00. The third kappa shape index (κ3) is 2.32. The van der Waals surface area contributed by atoms with E-state index in [1.807, 2.05) is 0 Å². The smallest absolute Gasteiger partial charge is 0.160 e. The number of benzene rings is 1. The molecule has 0 bridgehead atoms. The maximum absolute atomic E-state index is 6.85. The van der Waals surface area contributed by atoms with Crippen molar-refractivity contribution in [3.8, 4) is 0 Å². The zero-order valence-electron chi connectivity index (χ0n) is 17.5. The van der Waals surface area contributed by atoms with Crippen molar-refractivity contribution in [3.63, 3.8) is 0 Å². The van der Waals surface area contributed by atoms with Crippen molar-refractivity contribution < 1.29 is 14.2 Å². The molecule has 0 unspecified atom stereocenters. The molecule has 6 rings (SSSR count). The van der Waals surface area contributed by atoms with E-state index in [1.165, 1.54) is 18.4 Å². The van der Waals surface area contributed by atoms with Gasteiger partial charge in [-0.25, -0.2) is 0 Å². The molecule has 2 saturated heterocycles. The summed E-state index contributed by atoms with van der Waals surface area (Å²) in [6, 6.07) is 11.2. The van der Waals surface area contributed by atoms with E-state index in [9.17, 15) is 0 Å². The van der Waals surface area contributed by atoms with Crippen LogP contribution in [0.15, 0.2) is 30.3 Å². The lowest BCUT2D eigenvalue weighted by Crippen LogP contribution is -2.62. The number of nitrogens with zero attached hydrogens (tertiary/aromatic N) is 1. The Hall–Kier alpha value is -0.940. The molecule has 0 N–H and O–H groups in total.